The molecule has 5 nitrogen and oxygen atoms in total. The number of amides is 1. The van der Waals surface area contributed by atoms with Crippen molar-refractivity contribution < 1.29 is 4.79 Å². The number of aromatic nitrogens is 3. The summed E-state index contributed by atoms with van der Waals surface area (Å²) in [4.78, 5) is 12.2. The number of nitrogens with one attached hydrogen (secondary N) is 1. The van der Waals surface area contributed by atoms with Crippen molar-refractivity contribution in [2.75, 3.05) is 12.3 Å². The number of benzene rings is 2. The Labute approximate surface area is 180 Å². The first kappa shape index (κ1) is 21.4. The van der Waals surface area contributed by atoms with E-state index in [4.69, 9.17) is 11.6 Å². The second-order valence-corrected chi connectivity index (χ2v) is 8.01. The molecule has 0 aliphatic carbocycles. The fraction of sp³-hybridized carbons (Fsp3) is 0.318. The Morgan fingerprint density at radius 2 is 1.79 bits per heavy atom. The highest BCUT2D eigenvalue weighted by Crippen LogP contribution is 2.31. The fourth-order valence-corrected chi connectivity index (χ4v) is 3.95. The number of carbonyl (C=O) groups excluding carboxylic acids is 1. The summed E-state index contributed by atoms with van der Waals surface area (Å²) in [7, 11) is 0. The smallest absolute Gasteiger partial charge is 0.230 e. The molecule has 0 spiro atoms. The monoisotopic (exact) mass is 428 g/mol. The molecule has 1 aromatic heterocycles. The van der Waals surface area contributed by atoms with Crippen LogP contribution in [0.5, 0.6) is 0 Å². The third kappa shape index (κ3) is 5.84. The topological polar surface area (TPSA) is 59.8 Å². The van der Waals surface area contributed by atoms with Gasteiger partial charge in [-0.3, -0.25) is 9.36 Å². The average molecular weight is 429 g/mol. The Morgan fingerprint density at radius 1 is 1.03 bits per heavy atom. The molecular weight excluding hydrogens is 404 g/mol. The van der Waals surface area contributed by atoms with Crippen molar-refractivity contribution in [3.8, 4) is 17.1 Å². The number of rotatable bonds is 10. The van der Waals surface area contributed by atoms with Crippen molar-refractivity contribution in [1.82, 2.24) is 20.1 Å². The number of nitrogens with zero attached hydrogens (tertiary/aromatic N) is 3. The summed E-state index contributed by atoms with van der Waals surface area (Å²) in [6.45, 7) is 2.89. The van der Waals surface area contributed by atoms with Gasteiger partial charge in [0.15, 0.2) is 11.0 Å². The van der Waals surface area contributed by atoms with Crippen molar-refractivity contribution in [2.24, 2.45) is 0 Å². The van der Waals surface area contributed by atoms with Gasteiger partial charge in [-0.2, -0.15) is 0 Å². The Kier molecular flexibility index (Phi) is 8.14. The third-order valence-corrected chi connectivity index (χ3v) is 5.71. The molecule has 0 bridgehead atoms. The van der Waals surface area contributed by atoms with E-state index in [0.717, 1.165) is 30.6 Å². The molecule has 0 fully saturated rings. The summed E-state index contributed by atoms with van der Waals surface area (Å²) in [5, 5.41) is 13.0. The van der Waals surface area contributed by atoms with Gasteiger partial charge in [0.2, 0.25) is 5.91 Å². The quantitative estimate of drug-likeness (QED) is 0.348. The molecule has 152 valence electrons. The highest BCUT2D eigenvalue weighted by Gasteiger charge is 2.18. The lowest BCUT2D eigenvalue weighted by atomic mass is 10.2. The number of thioether (sulfide) groups is 1. The standard InChI is InChI=1S/C22H25ClN4OS/c1-2-3-4-10-15-24-20(28)16-29-22-26-25-21(18-13-8-9-14-19(18)23)27(22)17-11-6-5-7-12-17/h5-9,11-14H,2-4,10,15-16H2,1H3,(H,24,28). The fourth-order valence-electron chi connectivity index (χ4n) is 2.95. The Hall–Kier alpha value is -2.31. The second-order valence-electron chi connectivity index (χ2n) is 6.66. The Balaban J connectivity index is 1.76. The first-order chi connectivity index (χ1) is 14.2. The third-order valence-electron chi connectivity index (χ3n) is 4.45. The molecular formula is C22H25ClN4OS. The highest BCUT2D eigenvalue weighted by atomic mass is 35.5. The number of carbonyl (C=O) groups is 1. The maximum atomic E-state index is 12.2. The van der Waals surface area contributed by atoms with Crippen LogP contribution in [0.3, 0.4) is 0 Å². The number of unbranched alkanes of at least 4 members (excludes halogenated alkanes) is 3. The van der Waals surface area contributed by atoms with E-state index in [2.05, 4.69) is 22.4 Å². The molecule has 0 radical (unpaired) electrons. The van der Waals surface area contributed by atoms with E-state index in [0.29, 0.717) is 21.8 Å². The minimum atomic E-state index is 0.00778. The summed E-state index contributed by atoms with van der Waals surface area (Å²) in [6, 6.07) is 17.4. The lowest BCUT2D eigenvalue weighted by molar-refractivity contribution is -0.118. The van der Waals surface area contributed by atoms with E-state index < -0.39 is 0 Å². The van der Waals surface area contributed by atoms with Crippen LogP contribution in [-0.4, -0.2) is 33.0 Å². The van der Waals surface area contributed by atoms with Crippen LogP contribution in [0.2, 0.25) is 5.02 Å². The summed E-state index contributed by atoms with van der Waals surface area (Å²) < 4.78 is 1.94. The van der Waals surface area contributed by atoms with Gasteiger partial charge in [-0.05, 0) is 30.7 Å². The van der Waals surface area contributed by atoms with E-state index in [1.165, 1.54) is 24.6 Å². The van der Waals surface area contributed by atoms with Gasteiger partial charge in [0.25, 0.3) is 0 Å². The Morgan fingerprint density at radius 3 is 2.55 bits per heavy atom. The minimum absolute atomic E-state index is 0.00778. The van der Waals surface area contributed by atoms with Gasteiger partial charge in [-0.15, -0.1) is 10.2 Å². The van der Waals surface area contributed by atoms with Gasteiger partial charge in [0, 0.05) is 17.8 Å². The van der Waals surface area contributed by atoms with Crippen molar-refractivity contribution in [2.45, 2.75) is 37.8 Å². The number of hydrogen-bond donors (Lipinski definition) is 1. The van der Waals surface area contributed by atoms with E-state index in [-0.39, 0.29) is 5.91 Å². The van der Waals surface area contributed by atoms with E-state index in [9.17, 15) is 4.79 Å². The van der Waals surface area contributed by atoms with Crippen LogP contribution in [0.1, 0.15) is 32.6 Å². The van der Waals surface area contributed by atoms with Gasteiger partial charge in [0.05, 0.1) is 10.8 Å². The highest BCUT2D eigenvalue weighted by molar-refractivity contribution is 7.99. The molecule has 1 amide bonds. The average Bonchev–Trinajstić information content (AvgIpc) is 3.17. The summed E-state index contributed by atoms with van der Waals surface area (Å²) in [5.41, 5.74) is 1.73. The maximum Gasteiger partial charge on any atom is 0.230 e. The molecule has 1 heterocycles. The van der Waals surface area contributed by atoms with Crippen LogP contribution in [0, 0.1) is 0 Å². The molecule has 3 aromatic rings. The van der Waals surface area contributed by atoms with Gasteiger partial charge in [0.1, 0.15) is 0 Å². The first-order valence-corrected chi connectivity index (χ1v) is 11.2. The van der Waals surface area contributed by atoms with Gasteiger partial charge < -0.3 is 5.32 Å². The lowest BCUT2D eigenvalue weighted by Crippen LogP contribution is -2.26. The van der Waals surface area contributed by atoms with Gasteiger partial charge in [-0.25, -0.2) is 0 Å². The number of para-hydroxylation sites is 1. The van der Waals surface area contributed by atoms with Crippen LogP contribution in [-0.2, 0) is 4.79 Å². The second kappa shape index (κ2) is 11.0. The Bertz CT molecular complexity index is 930. The zero-order chi connectivity index (χ0) is 20.5. The van der Waals surface area contributed by atoms with Crippen molar-refractivity contribution in [1.29, 1.82) is 0 Å². The van der Waals surface area contributed by atoms with Crippen LogP contribution in [0.25, 0.3) is 17.1 Å². The van der Waals surface area contributed by atoms with Crippen molar-refractivity contribution >= 4 is 29.3 Å². The molecule has 3 rings (SSSR count). The number of hydrogen-bond acceptors (Lipinski definition) is 4. The number of halogens is 1. The maximum absolute atomic E-state index is 12.2. The van der Waals surface area contributed by atoms with E-state index in [1.54, 1.807) is 0 Å². The predicted octanol–water partition coefficient (Wildman–Crippen LogP) is 5.38. The zero-order valence-corrected chi connectivity index (χ0v) is 18.0. The molecule has 0 saturated carbocycles. The van der Waals surface area contributed by atoms with Crippen molar-refractivity contribution in [3.63, 3.8) is 0 Å². The van der Waals surface area contributed by atoms with Crippen LogP contribution in [0.15, 0.2) is 59.8 Å². The van der Waals surface area contributed by atoms with Crippen LogP contribution >= 0.6 is 23.4 Å². The summed E-state index contributed by atoms with van der Waals surface area (Å²) >= 11 is 7.77. The van der Waals surface area contributed by atoms with E-state index in [1.807, 2.05) is 59.2 Å². The minimum Gasteiger partial charge on any atom is -0.355 e. The molecule has 0 atom stereocenters. The summed E-state index contributed by atoms with van der Waals surface area (Å²) in [5.74, 6) is 0.957. The van der Waals surface area contributed by atoms with Crippen LogP contribution in [0.4, 0.5) is 0 Å². The molecule has 0 saturated heterocycles. The van der Waals surface area contributed by atoms with Gasteiger partial charge in [-0.1, -0.05) is 79.9 Å². The SMILES string of the molecule is CCCCCCNC(=O)CSc1nnc(-c2ccccc2Cl)n1-c1ccccc1. The molecule has 0 aliphatic rings. The first-order valence-electron chi connectivity index (χ1n) is 9.86. The molecule has 0 aliphatic heterocycles. The van der Waals surface area contributed by atoms with Crippen molar-refractivity contribution in [3.05, 3.63) is 59.6 Å². The molecule has 7 heteroatoms. The zero-order valence-electron chi connectivity index (χ0n) is 16.5. The van der Waals surface area contributed by atoms with Gasteiger partial charge >= 0.3 is 0 Å². The van der Waals surface area contributed by atoms with Crippen LogP contribution < -0.4 is 5.32 Å². The predicted molar refractivity (Wildman–Crippen MR) is 120 cm³/mol. The largest absolute Gasteiger partial charge is 0.355 e. The normalized spacial score (nSPS) is 10.8. The summed E-state index contributed by atoms with van der Waals surface area (Å²) in [6.07, 6.45) is 4.55. The molecule has 29 heavy (non-hydrogen) atoms. The molecule has 1 N–H and O–H groups in total. The molecule has 0 unspecified atom stereocenters. The molecule has 2 aromatic carbocycles. The van der Waals surface area contributed by atoms with E-state index >= 15 is 0 Å². The lowest BCUT2D eigenvalue weighted by Gasteiger charge is -2.11.